The van der Waals surface area contributed by atoms with Gasteiger partial charge in [-0.05, 0) is 42.7 Å². The van der Waals surface area contributed by atoms with Crippen molar-refractivity contribution < 1.29 is 45.0 Å². The number of carbonyl (C=O) groups is 1. The summed E-state index contributed by atoms with van der Waals surface area (Å²) in [5, 5.41) is 2.33. The third kappa shape index (κ3) is 7.85. The number of sulfonamides is 2. The Morgan fingerprint density at radius 1 is 0.922 bits per heavy atom. The summed E-state index contributed by atoms with van der Waals surface area (Å²) in [5.74, 6) is -0.782. The van der Waals surface area contributed by atoms with Crippen molar-refractivity contribution in [3.8, 4) is 22.6 Å². The molecule has 2 fully saturated rings. The number of ether oxygens (including phenoxy) is 4. The van der Waals surface area contributed by atoms with Crippen LogP contribution in [0.25, 0.3) is 22.0 Å². The maximum atomic E-state index is 16.5. The molecule has 0 spiro atoms. The van der Waals surface area contributed by atoms with E-state index in [1.54, 1.807) is 24.5 Å². The number of carbonyl (C=O) groups excluding carboxylic acids is 1. The van der Waals surface area contributed by atoms with Gasteiger partial charge in [-0.2, -0.15) is 0 Å². The van der Waals surface area contributed by atoms with Crippen LogP contribution < -0.4 is 24.2 Å². The topological polar surface area (TPSA) is 184 Å². The van der Waals surface area contributed by atoms with Gasteiger partial charge in [0.15, 0.2) is 0 Å². The van der Waals surface area contributed by atoms with Gasteiger partial charge in [0.2, 0.25) is 20.0 Å². The van der Waals surface area contributed by atoms with Gasteiger partial charge >= 0.3 is 0 Å². The van der Waals surface area contributed by atoms with Crippen molar-refractivity contribution in [1.29, 1.82) is 0 Å². The van der Waals surface area contributed by atoms with E-state index in [9.17, 15) is 21.6 Å². The molecule has 0 radical (unpaired) electrons. The Hall–Kier alpha value is -4.58. The second-order valence-electron chi connectivity index (χ2n) is 12.6. The number of benzene rings is 2. The van der Waals surface area contributed by atoms with Crippen molar-refractivity contribution in [3.63, 3.8) is 0 Å². The Labute approximate surface area is 294 Å². The van der Waals surface area contributed by atoms with Crippen LogP contribution >= 0.6 is 0 Å². The molecule has 1 amide bonds. The van der Waals surface area contributed by atoms with Gasteiger partial charge in [-0.15, -0.1) is 0 Å². The summed E-state index contributed by atoms with van der Waals surface area (Å²) < 4.78 is 95.0. The maximum Gasteiger partial charge on any atom is 0.264 e. The molecule has 0 aliphatic carbocycles. The van der Waals surface area contributed by atoms with Crippen molar-refractivity contribution in [1.82, 2.24) is 14.7 Å². The highest BCUT2D eigenvalue weighted by Crippen LogP contribution is 2.41. The zero-order valence-corrected chi connectivity index (χ0v) is 29.2. The molecular formula is C34H36FN5O9S2. The van der Waals surface area contributed by atoms with E-state index in [1.165, 1.54) is 24.4 Å². The number of amides is 1. The number of nitrogens with one attached hydrogen (secondary N) is 3. The lowest BCUT2D eigenvalue weighted by Crippen LogP contribution is -2.33. The summed E-state index contributed by atoms with van der Waals surface area (Å²) in [6.45, 7) is 2.01. The van der Waals surface area contributed by atoms with Gasteiger partial charge in [0.05, 0.1) is 59.8 Å². The van der Waals surface area contributed by atoms with Crippen molar-refractivity contribution >= 4 is 53.9 Å². The lowest BCUT2D eigenvalue weighted by molar-refractivity contribution is 0.0255. The molecule has 7 rings (SSSR count). The van der Waals surface area contributed by atoms with E-state index < -0.39 is 37.0 Å². The first-order valence-electron chi connectivity index (χ1n) is 16.4. The number of halogens is 1. The smallest absolute Gasteiger partial charge is 0.264 e. The second kappa shape index (κ2) is 14.2. The van der Waals surface area contributed by atoms with Gasteiger partial charge in [-0.1, -0.05) is 0 Å². The van der Waals surface area contributed by atoms with Crippen LogP contribution in [0.2, 0.25) is 0 Å². The molecule has 2 saturated heterocycles. The van der Waals surface area contributed by atoms with Crippen LogP contribution in [0.1, 0.15) is 41.6 Å². The maximum absolute atomic E-state index is 16.5. The third-order valence-corrected chi connectivity index (χ3v) is 11.3. The minimum Gasteiger partial charge on any atom is -0.492 e. The highest BCUT2D eigenvalue weighted by Gasteiger charge is 2.30. The average Bonchev–Trinajstić information content (AvgIpc) is 3.58. The molecule has 270 valence electrons. The molecule has 0 unspecified atom stereocenters. The van der Waals surface area contributed by atoms with Crippen LogP contribution in [0.5, 0.6) is 11.5 Å². The molecule has 17 heteroatoms. The van der Waals surface area contributed by atoms with E-state index in [0.29, 0.717) is 56.0 Å². The molecule has 14 nitrogen and oxygen atoms in total. The number of fused-ring (bicyclic) bond motifs is 2. The van der Waals surface area contributed by atoms with Crippen LogP contribution in [-0.4, -0.2) is 83.4 Å². The molecule has 5 heterocycles. The minimum absolute atomic E-state index is 0.0186. The molecule has 3 N–H and O–H groups in total. The SMILES string of the molecule is CS(=O)(=O)NC(=O)c1cc(Nc2c(NS(=O)(=O)C3CCOCC3)cnc3cc(-c4cncc5c4OCC5)cc(F)c23)cc(OC2CCOCC2)c1. The van der Waals surface area contributed by atoms with Gasteiger partial charge in [0, 0.05) is 73.3 Å². The fourth-order valence-corrected chi connectivity index (χ4v) is 8.29. The molecule has 2 aromatic carbocycles. The Balaban J connectivity index is 1.34. The van der Waals surface area contributed by atoms with Gasteiger partial charge in [-0.3, -0.25) is 19.5 Å². The van der Waals surface area contributed by atoms with E-state index in [0.717, 1.165) is 11.8 Å². The predicted molar refractivity (Wildman–Crippen MR) is 187 cm³/mol. The number of nitrogens with zero attached hydrogens (tertiary/aromatic N) is 2. The van der Waals surface area contributed by atoms with Crippen LogP contribution in [0.15, 0.2) is 48.9 Å². The fraction of sp³-hybridized carbons (Fsp3) is 0.382. The standard InChI is InChI=1S/C34H36FN5O9S2/c1-50(42,43)40-34(41)22-12-23(16-25(13-22)49-24-3-7-46-8-4-24)38-32-30(39-51(44,45)26-5-9-47-10-6-26)19-37-29-15-21(14-28(35)31(29)32)27-18-36-17-20-2-11-48-33(20)27/h12-19,24,26,39H,2-11H2,1H3,(H,37,38)(H,40,41). The fourth-order valence-electron chi connectivity index (χ4n) is 6.40. The van der Waals surface area contributed by atoms with Crippen LogP contribution in [0, 0.1) is 5.82 Å². The Kier molecular flexibility index (Phi) is 9.71. The molecule has 3 aliphatic rings. The lowest BCUT2D eigenvalue weighted by atomic mass is 10.0. The number of anilines is 3. The van der Waals surface area contributed by atoms with E-state index in [4.69, 9.17) is 18.9 Å². The number of hydrogen-bond acceptors (Lipinski definition) is 12. The summed E-state index contributed by atoms with van der Waals surface area (Å²) in [6.07, 6.45) is 7.64. The summed E-state index contributed by atoms with van der Waals surface area (Å²) in [4.78, 5) is 21.9. The first kappa shape index (κ1) is 34.9. The predicted octanol–water partition coefficient (Wildman–Crippen LogP) is 4.28. The number of hydrogen-bond donors (Lipinski definition) is 3. The largest absolute Gasteiger partial charge is 0.492 e. The van der Waals surface area contributed by atoms with Crippen molar-refractivity contribution in [3.05, 3.63) is 65.9 Å². The van der Waals surface area contributed by atoms with E-state index >= 15 is 4.39 Å². The van der Waals surface area contributed by atoms with Gasteiger partial charge in [0.1, 0.15) is 23.4 Å². The summed E-state index contributed by atoms with van der Waals surface area (Å²) in [5.41, 5.74) is 2.26. The highest BCUT2D eigenvalue weighted by molar-refractivity contribution is 7.93. The van der Waals surface area contributed by atoms with Gasteiger partial charge < -0.3 is 24.3 Å². The zero-order valence-electron chi connectivity index (χ0n) is 27.6. The average molecular weight is 742 g/mol. The summed E-state index contributed by atoms with van der Waals surface area (Å²) >= 11 is 0. The van der Waals surface area contributed by atoms with Crippen molar-refractivity contribution in [2.24, 2.45) is 0 Å². The minimum atomic E-state index is -3.98. The molecule has 3 aliphatic heterocycles. The lowest BCUT2D eigenvalue weighted by Gasteiger charge is -2.25. The Bertz CT molecular complexity index is 2210. The monoisotopic (exact) mass is 741 g/mol. The second-order valence-corrected chi connectivity index (χ2v) is 16.3. The van der Waals surface area contributed by atoms with Crippen LogP contribution in [-0.2, 0) is 35.9 Å². The summed E-state index contributed by atoms with van der Waals surface area (Å²) in [6, 6.07) is 7.30. The summed E-state index contributed by atoms with van der Waals surface area (Å²) in [7, 11) is -7.91. The number of rotatable bonds is 10. The Morgan fingerprint density at radius 2 is 1.67 bits per heavy atom. The third-order valence-electron chi connectivity index (χ3n) is 8.87. The molecule has 51 heavy (non-hydrogen) atoms. The van der Waals surface area contributed by atoms with E-state index in [-0.39, 0.29) is 71.4 Å². The van der Waals surface area contributed by atoms with E-state index in [1.807, 2.05) is 4.72 Å². The first-order chi connectivity index (χ1) is 24.4. The van der Waals surface area contributed by atoms with Gasteiger partial charge in [-0.25, -0.2) is 25.9 Å². The normalized spacial score (nSPS) is 17.1. The van der Waals surface area contributed by atoms with Crippen molar-refractivity contribution in [2.45, 2.75) is 43.5 Å². The van der Waals surface area contributed by atoms with Crippen LogP contribution in [0.4, 0.5) is 21.5 Å². The highest BCUT2D eigenvalue weighted by atomic mass is 32.2. The number of pyridine rings is 2. The molecule has 2 aromatic heterocycles. The Morgan fingerprint density at radius 3 is 2.41 bits per heavy atom. The van der Waals surface area contributed by atoms with Gasteiger partial charge in [0.25, 0.3) is 5.91 Å². The molecule has 0 saturated carbocycles. The first-order valence-corrected chi connectivity index (χ1v) is 19.9. The van der Waals surface area contributed by atoms with Crippen LogP contribution in [0.3, 0.4) is 0 Å². The molecule has 4 aromatic rings. The molecule has 0 atom stereocenters. The number of aromatic nitrogens is 2. The quantitative estimate of drug-likeness (QED) is 0.210. The molecular weight excluding hydrogens is 706 g/mol. The molecule has 0 bridgehead atoms. The van der Waals surface area contributed by atoms with E-state index in [2.05, 4.69) is 20.0 Å². The van der Waals surface area contributed by atoms with Crippen molar-refractivity contribution in [2.75, 3.05) is 49.3 Å². The zero-order chi connectivity index (χ0) is 35.8.